The number of hydrogen-bond acceptors (Lipinski definition) is 3. The Bertz CT molecular complexity index is 823. The number of rotatable bonds is 6. The Kier molecular flexibility index (Phi) is 5.82. The Balaban J connectivity index is 2.17. The Labute approximate surface area is 144 Å². The van der Waals surface area contributed by atoms with Gasteiger partial charge in [0.15, 0.2) is 0 Å². The molecule has 0 aromatic heterocycles. The molecular weight excluding hydrogens is 320 g/mol. The predicted octanol–water partition coefficient (Wildman–Crippen LogP) is 3.95. The second-order valence-electron chi connectivity index (χ2n) is 5.96. The molecule has 2 aromatic carbocycles. The third kappa shape index (κ3) is 4.47. The second-order valence-corrected chi connectivity index (χ2v) is 7.47. The number of benzene rings is 2. The highest BCUT2D eigenvalue weighted by molar-refractivity contribution is 7.86. The highest BCUT2D eigenvalue weighted by Crippen LogP contribution is 2.25. The first-order valence-corrected chi connectivity index (χ1v) is 9.25. The van der Waals surface area contributed by atoms with Gasteiger partial charge in [-0.3, -0.25) is 0 Å². The van der Waals surface area contributed by atoms with E-state index in [-0.39, 0.29) is 4.90 Å². The average molecular weight is 342 g/mol. The first kappa shape index (κ1) is 18.3. The van der Waals surface area contributed by atoms with Gasteiger partial charge in [-0.25, -0.2) is 4.18 Å². The summed E-state index contributed by atoms with van der Waals surface area (Å²) >= 11 is 0. The van der Waals surface area contributed by atoms with Gasteiger partial charge in [0.2, 0.25) is 0 Å². The molecule has 0 amide bonds. The highest BCUT2D eigenvalue weighted by atomic mass is 32.2. The van der Waals surface area contributed by atoms with Crippen molar-refractivity contribution in [3.8, 4) is 12.3 Å². The molecule has 1 atom stereocenters. The van der Waals surface area contributed by atoms with E-state index in [4.69, 9.17) is 10.6 Å². The maximum atomic E-state index is 12.6. The summed E-state index contributed by atoms with van der Waals surface area (Å²) in [6.07, 6.45) is 5.81. The summed E-state index contributed by atoms with van der Waals surface area (Å²) in [6, 6.07) is 13.4. The fraction of sp³-hybridized carbons (Fsp3) is 0.300. The zero-order chi connectivity index (χ0) is 17.7. The van der Waals surface area contributed by atoms with Crippen molar-refractivity contribution in [3.63, 3.8) is 0 Å². The smallest absolute Gasteiger partial charge is 0.250 e. The van der Waals surface area contributed by atoms with Crippen LogP contribution in [0.15, 0.2) is 47.4 Å². The van der Waals surface area contributed by atoms with Crippen molar-refractivity contribution >= 4 is 10.1 Å². The van der Waals surface area contributed by atoms with Crippen LogP contribution in [0, 0.1) is 33.1 Å². The molecular formula is C20H22O3S. The second kappa shape index (κ2) is 7.65. The number of terminal acetylenes is 1. The van der Waals surface area contributed by atoms with Gasteiger partial charge in [0.1, 0.15) is 6.10 Å². The van der Waals surface area contributed by atoms with Gasteiger partial charge in [0.05, 0.1) is 4.90 Å². The monoisotopic (exact) mass is 342 g/mol. The summed E-state index contributed by atoms with van der Waals surface area (Å²) < 4.78 is 30.6. The number of hydrogen-bond donors (Lipinski definition) is 0. The molecule has 1 unspecified atom stereocenters. The largest absolute Gasteiger partial charge is 0.298 e. The van der Waals surface area contributed by atoms with Crippen LogP contribution in [0.4, 0.5) is 0 Å². The zero-order valence-corrected chi connectivity index (χ0v) is 15.1. The summed E-state index contributed by atoms with van der Waals surface area (Å²) in [5.41, 5.74) is 3.46. The van der Waals surface area contributed by atoms with Crippen LogP contribution in [-0.4, -0.2) is 14.5 Å². The molecule has 4 heteroatoms. The summed E-state index contributed by atoms with van der Waals surface area (Å²) in [6.45, 7) is 5.47. The van der Waals surface area contributed by atoms with Crippen LogP contribution in [0.5, 0.6) is 0 Å². The molecule has 0 bridgehead atoms. The predicted molar refractivity (Wildman–Crippen MR) is 96.3 cm³/mol. The van der Waals surface area contributed by atoms with E-state index in [0.29, 0.717) is 24.0 Å². The van der Waals surface area contributed by atoms with Crippen molar-refractivity contribution in [2.75, 3.05) is 0 Å². The fourth-order valence-electron chi connectivity index (χ4n) is 2.86. The Morgan fingerprint density at radius 2 is 1.67 bits per heavy atom. The Morgan fingerprint density at radius 3 is 2.21 bits per heavy atom. The van der Waals surface area contributed by atoms with Gasteiger partial charge >= 0.3 is 0 Å². The van der Waals surface area contributed by atoms with Crippen LogP contribution < -0.4 is 0 Å². The van der Waals surface area contributed by atoms with Crippen molar-refractivity contribution in [1.29, 1.82) is 0 Å². The molecule has 0 radical (unpaired) electrons. The minimum absolute atomic E-state index is 0.216. The SMILES string of the molecule is C#CC(CCc1ccccc1)OS(=O)(=O)c1c(C)cc(C)cc1C. The van der Waals surface area contributed by atoms with Crippen molar-refractivity contribution in [3.05, 3.63) is 64.7 Å². The molecule has 0 heterocycles. The maximum absolute atomic E-state index is 12.6. The molecule has 126 valence electrons. The molecule has 0 spiro atoms. The van der Waals surface area contributed by atoms with Crippen LogP contribution in [0.25, 0.3) is 0 Å². The van der Waals surface area contributed by atoms with Crippen molar-refractivity contribution in [1.82, 2.24) is 0 Å². The van der Waals surface area contributed by atoms with Crippen LogP contribution >= 0.6 is 0 Å². The van der Waals surface area contributed by atoms with Gasteiger partial charge in [0, 0.05) is 0 Å². The first-order chi connectivity index (χ1) is 11.3. The van der Waals surface area contributed by atoms with E-state index in [1.807, 2.05) is 49.4 Å². The van der Waals surface area contributed by atoms with Gasteiger partial charge in [-0.15, -0.1) is 6.42 Å². The molecule has 3 nitrogen and oxygen atoms in total. The van der Waals surface area contributed by atoms with Crippen LogP contribution in [-0.2, 0) is 20.7 Å². The van der Waals surface area contributed by atoms with Crippen molar-refractivity contribution in [2.24, 2.45) is 0 Å². The Morgan fingerprint density at radius 1 is 1.08 bits per heavy atom. The lowest BCUT2D eigenvalue weighted by Gasteiger charge is -2.16. The molecule has 2 rings (SSSR count). The van der Waals surface area contributed by atoms with E-state index in [1.54, 1.807) is 13.8 Å². The first-order valence-electron chi connectivity index (χ1n) is 7.84. The van der Waals surface area contributed by atoms with Gasteiger partial charge < -0.3 is 0 Å². The standard InChI is InChI=1S/C20H22O3S/c1-5-19(12-11-18-9-7-6-8-10-18)23-24(21,22)20-16(3)13-15(2)14-17(20)4/h1,6-10,13-14,19H,11-12H2,2-4H3. The van der Waals surface area contributed by atoms with Gasteiger partial charge in [0.25, 0.3) is 10.1 Å². The quantitative estimate of drug-likeness (QED) is 0.590. The lowest BCUT2D eigenvalue weighted by atomic mass is 10.1. The fourth-order valence-corrected chi connectivity index (χ4v) is 4.32. The van der Waals surface area contributed by atoms with E-state index in [1.165, 1.54) is 0 Å². The molecule has 24 heavy (non-hydrogen) atoms. The minimum Gasteiger partial charge on any atom is -0.250 e. The number of aryl methyl sites for hydroxylation is 4. The Hall–Kier alpha value is -2.09. The minimum atomic E-state index is -3.90. The average Bonchev–Trinajstić information content (AvgIpc) is 2.51. The van der Waals surface area contributed by atoms with Gasteiger partial charge in [-0.2, -0.15) is 8.42 Å². The molecule has 0 saturated carbocycles. The van der Waals surface area contributed by atoms with E-state index in [0.717, 1.165) is 11.1 Å². The lowest BCUT2D eigenvalue weighted by Crippen LogP contribution is -2.19. The summed E-state index contributed by atoms with van der Waals surface area (Å²) in [5, 5.41) is 0. The lowest BCUT2D eigenvalue weighted by molar-refractivity contribution is 0.253. The maximum Gasteiger partial charge on any atom is 0.298 e. The zero-order valence-electron chi connectivity index (χ0n) is 14.2. The van der Waals surface area contributed by atoms with Gasteiger partial charge in [-0.1, -0.05) is 53.9 Å². The molecule has 0 fully saturated rings. The normalized spacial score (nSPS) is 12.6. The van der Waals surface area contributed by atoms with Crippen molar-refractivity contribution in [2.45, 2.75) is 44.6 Å². The topological polar surface area (TPSA) is 43.4 Å². The molecule has 2 aromatic rings. The summed E-state index contributed by atoms with van der Waals surface area (Å²) in [7, 11) is -3.90. The van der Waals surface area contributed by atoms with Crippen LogP contribution in [0.1, 0.15) is 28.7 Å². The highest BCUT2D eigenvalue weighted by Gasteiger charge is 2.24. The summed E-state index contributed by atoms with van der Waals surface area (Å²) in [5.74, 6) is 2.45. The molecule has 0 aliphatic carbocycles. The van der Waals surface area contributed by atoms with E-state index < -0.39 is 16.2 Å². The van der Waals surface area contributed by atoms with Crippen LogP contribution in [0.2, 0.25) is 0 Å². The summed E-state index contributed by atoms with van der Waals surface area (Å²) in [4.78, 5) is 0.216. The molecule has 0 aliphatic heterocycles. The third-order valence-electron chi connectivity index (χ3n) is 3.82. The van der Waals surface area contributed by atoms with E-state index in [9.17, 15) is 8.42 Å². The van der Waals surface area contributed by atoms with Crippen LogP contribution in [0.3, 0.4) is 0 Å². The third-order valence-corrected chi connectivity index (χ3v) is 5.45. The van der Waals surface area contributed by atoms with Gasteiger partial charge in [-0.05, 0) is 50.3 Å². The van der Waals surface area contributed by atoms with E-state index >= 15 is 0 Å². The molecule has 0 N–H and O–H groups in total. The molecule has 0 saturated heterocycles. The van der Waals surface area contributed by atoms with Crippen molar-refractivity contribution < 1.29 is 12.6 Å². The van der Waals surface area contributed by atoms with E-state index in [2.05, 4.69) is 5.92 Å². The molecule has 0 aliphatic rings.